The smallest absolute Gasteiger partial charge is 0.387 e. The number of H-pyrrole nitrogens is 1. The standard InChI is InChI=1S/C26H29ClF3N7O3/c1-36(10-19-21(38)22(39)25(40-19)37-5-4-14-23(31)32-11-33-24(14)37)13-6-12(7-13)2-3-20-34-17-8-15(26(28,29)30)16(27)9-18(17)35-20/h4-5,8-9,11-13,19,21-22,25,38-39H,2-3,6-7,10H2,1H3,(H,34,35)(H2,31,32,33)/t12?,13?,19-,21-,22-,25-/m1/s1. The first-order valence-electron chi connectivity index (χ1n) is 13.0. The molecule has 4 heterocycles. The number of imidazole rings is 1. The van der Waals surface area contributed by atoms with Crippen molar-refractivity contribution >= 4 is 39.5 Å². The zero-order chi connectivity index (χ0) is 28.3. The van der Waals surface area contributed by atoms with Crippen LogP contribution in [0.2, 0.25) is 5.02 Å². The Morgan fingerprint density at radius 2 is 2.00 bits per heavy atom. The number of hydrogen-bond donors (Lipinski definition) is 4. The molecule has 0 unspecified atom stereocenters. The van der Waals surface area contributed by atoms with Crippen LogP contribution in [0.25, 0.3) is 22.1 Å². The molecule has 40 heavy (non-hydrogen) atoms. The van der Waals surface area contributed by atoms with Crippen molar-refractivity contribution in [2.75, 3.05) is 19.3 Å². The quantitative estimate of drug-likeness (QED) is 0.261. The Morgan fingerprint density at radius 1 is 1.23 bits per heavy atom. The fourth-order valence-corrected chi connectivity index (χ4v) is 6.07. The summed E-state index contributed by atoms with van der Waals surface area (Å²) in [6, 6.07) is 4.30. The number of halogens is 4. The van der Waals surface area contributed by atoms with Gasteiger partial charge in [0.15, 0.2) is 6.23 Å². The van der Waals surface area contributed by atoms with Crippen LogP contribution in [0.3, 0.4) is 0 Å². The van der Waals surface area contributed by atoms with Crippen LogP contribution in [-0.2, 0) is 17.3 Å². The topological polar surface area (TPSA) is 138 Å². The van der Waals surface area contributed by atoms with Gasteiger partial charge in [0.05, 0.1) is 27.0 Å². The SMILES string of the molecule is CN(C[C@H]1O[C@@H](n2ccc3c(N)ncnc32)[C@H](O)[C@@H]1O)C1CC(CCc2nc3cc(C(F)(F)F)c(Cl)cc3[nH]2)C1. The van der Waals surface area contributed by atoms with Gasteiger partial charge in [-0.15, -0.1) is 0 Å². The lowest BCUT2D eigenvalue weighted by Gasteiger charge is -2.42. The van der Waals surface area contributed by atoms with Crippen molar-refractivity contribution in [1.29, 1.82) is 0 Å². The number of rotatable bonds is 7. The first kappa shape index (κ1) is 27.2. The highest BCUT2D eigenvalue weighted by molar-refractivity contribution is 6.32. The number of aliphatic hydroxyl groups excluding tert-OH is 2. The van der Waals surface area contributed by atoms with Crippen LogP contribution in [0.4, 0.5) is 19.0 Å². The monoisotopic (exact) mass is 579 g/mol. The van der Waals surface area contributed by atoms with Gasteiger partial charge in [-0.1, -0.05) is 11.6 Å². The summed E-state index contributed by atoms with van der Waals surface area (Å²) in [5.41, 5.74) is 6.28. The average molecular weight is 580 g/mol. The van der Waals surface area contributed by atoms with Gasteiger partial charge in [-0.3, -0.25) is 0 Å². The molecule has 0 spiro atoms. The molecule has 3 aromatic heterocycles. The molecule has 1 aromatic carbocycles. The van der Waals surface area contributed by atoms with E-state index in [2.05, 4.69) is 24.8 Å². The van der Waals surface area contributed by atoms with E-state index in [0.29, 0.717) is 53.1 Å². The molecule has 0 bridgehead atoms. The average Bonchev–Trinajstić information content (AvgIpc) is 3.54. The molecule has 10 nitrogen and oxygen atoms in total. The molecule has 1 saturated heterocycles. The molecule has 14 heteroatoms. The summed E-state index contributed by atoms with van der Waals surface area (Å²) in [6.07, 6.45) is -1.74. The van der Waals surface area contributed by atoms with Crippen LogP contribution in [0.15, 0.2) is 30.7 Å². The van der Waals surface area contributed by atoms with Crippen molar-refractivity contribution in [1.82, 2.24) is 29.4 Å². The van der Waals surface area contributed by atoms with Crippen LogP contribution in [-0.4, -0.2) is 77.6 Å². The number of alkyl halides is 3. The Bertz CT molecular complexity index is 1540. The number of nitrogen functional groups attached to an aromatic ring is 1. The van der Waals surface area contributed by atoms with Crippen LogP contribution >= 0.6 is 11.6 Å². The number of nitrogens with zero attached hydrogens (tertiary/aromatic N) is 5. The Balaban J connectivity index is 1.02. The minimum atomic E-state index is -4.53. The zero-order valence-corrected chi connectivity index (χ0v) is 22.3. The number of likely N-dealkylation sites (N-methyl/N-ethyl adjacent to an activating group) is 1. The summed E-state index contributed by atoms with van der Waals surface area (Å²) in [5, 5.41) is 21.7. The third kappa shape index (κ3) is 4.90. The summed E-state index contributed by atoms with van der Waals surface area (Å²) >= 11 is 5.82. The lowest BCUT2D eigenvalue weighted by atomic mass is 9.76. The van der Waals surface area contributed by atoms with E-state index in [1.54, 1.807) is 16.8 Å². The molecule has 4 aromatic rings. The van der Waals surface area contributed by atoms with Crippen molar-refractivity contribution in [3.63, 3.8) is 0 Å². The largest absolute Gasteiger partial charge is 0.417 e. The van der Waals surface area contributed by atoms with Crippen molar-refractivity contribution in [2.45, 2.75) is 62.4 Å². The summed E-state index contributed by atoms with van der Waals surface area (Å²) in [4.78, 5) is 17.8. The van der Waals surface area contributed by atoms with E-state index in [0.717, 1.165) is 25.3 Å². The first-order valence-corrected chi connectivity index (χ1v) is 13.4. The molecule has 5 N–H and O–H groups in total. The number of aryl methyl sites for hydroxylation is 1. The van der Waals surface area contributed by atoms with Crippen molar-refractivity contribution < 1.29 is 28.1 Å². The number of ether oxygens (including phenoxy) is 1. The Morgan fingerprint density at radius 3 is 2.75 bits per heavy atom. The van der Waals surface area contributed by atoms with Gasteiger partial charge in [0, 0.05) is 25.2 Å². The van der Waals surface area contributed by atoms with E-state index < -0.39 is 36.3 Å². The van der Waals surface area contributed by atoms with Gasteiger partial charge in [-0.2, -0.15) is 13.2 Å². The van der Waals surface area contributed by atoms with Crippen LogP contribution in [0, 0.1) is 5.92 Å². The number of hydrogen-bond acceptors (Lipinski definition) is 8. The van der Waals surface area contributed by atoms with Gasteiger partial charge < -0.3 is 35.1 Å². The molecule has 1 aliphatic heterocycles. The molecule has 2 aliphatic rings. The molecular formula is C26H29ClF3N7O3. The molecule has 2 fully saturated rings. The van der Waals surface area contributed by atoms with Crippen molar-refractivity contribution in [3.8, 4) is 0 Å². The van der Waals surface area contributed by atoms with E-state index in [1.165, 1.54) is 12.4 Å². The number of aromatic amines is 1. The minimum Gasteiger partial charge on any atom is -0.387 e. The van der Waals surface area contributed by atoms with Gasteiger partial charge in [0.1, 0.15) is 41.9 Å². The molecule has 0 radical (unpaired) electrons. The summed E-state index contributed by atoms with van der Waals surface area (Å²) < 4.78 is 47.2. The van der Waals surface area contributed by atoms with E-state index in [9.17, 15) is 23.4 Å². The molecule has 4 atom stereocenters. The highest BCUT2D eigenvalue weighted by Crippen LogP contribution is 2.39. The molecule has 1 aliphatic carbocycles. The molecule has 0 amide bonds. The Labute approximate surface area is 231 Å². The van der Waals surface area contributed by atoms with Gasteiger partial charge >= 0.3 is 6.18 Å². The van der Waals surface area contributed by atoms with E-state index >= 15 is 0 Å². The number of aromatic nitrogens is 5. The Hall–Kier alpha value is -2.97. The predicted octanol–water partition coefficient (Wildman–Crippen LogP) is 3.52. The maximum absolute atomic E-state index is 13.1. The maximum Gasteiger partial charge on any atom is 0.417 e. The molecular weight excluding hydrogens is 551 g/mol. The predicted molar refractivity (Wildman–Crippen MR) is 141 cm³/mol. The fourth-order valence-electron chi connectivity index (χ4n) is 5.79. The number of benzene rings is 1. The lowest BCUT2D eigenvalue weighted by molar-refractivity contribution is -0.137. The van der Waals surface area contributed by atoms with Gasteiger partial charge in [0.2, 0.25) is 0 Å². The number of nitrogens with two attached hydrogens (primary N) is 1. The van der Waals surface area contributed by atoms with Crippen molar-refractivity contribution in [3.05, 3.63) is 47.1 Å². The number of fused-ring (bicyclic) bond motifs is 2. The molecule has 6 rings (SSSR count). The van der Waals surface area contributed by atoms with E-state index in [4.69, 9.17) is 22.1 Å². The second-order valence-corrected chi connectivity index (χ2v) is 11.2. The summed E-state index contributed by atoms with van der Waals surface area (Å²) in [5.74, 6) is 1.40. The Kier molecular flexibility index (Phi) is 6.90. The maximum atomic E-state index is 13.1. The van der Waals surface area contributed by atoms with Gasteiger partial charge in [0.25, 0.3) is 0 Å². The van der Waals surface area contributed by atoms with Gasteiger partial charge in [-0.25, -0.2) is 15.0 Å². The second-order valence-electron chi connectivity index (χ2n) is 10.8. The summed E-state index contributed by atoms with van der Waals surface area (Å²) in [6.45, 7) is 0.439. The normalized spacial score (nSPS) is 27.2. The number of nitrogens with one attached hydrogen (secondary N) is 1. The minimum absolute atomic E-state index is 0.248. The highest BCUT2D eigenvalue weighted by atomic mass is 35.5. The first-order chi connectivity index (χ1) is 19.0. The molecule has 1 saturated carbocycles. The third-order valence-electron chi connectivity index (χ3n) is 8.17. The summed E-state index contributed by atoms with van der Waals surface area (Å²) in [7, 11) is 1.97. The third-order valence-corrected chi connectivity index (χ3v) is 8.48. The lowest BCUT2D eigenvalue weighted by Crippen LogP contribution is -2.47. The highest BCUT2D eigenvalue weighted by Gasteiger charge is 2.45. The second kappa shape index (κ2) is 10.1. The fraction of sp³-hybridized carbons (Fsp3) is 0.500. The van der Waals surface area contributed by atoms with E-state index in [1.807, 2.05) is 7.05 Å². The van der Waals surface area contributed by atoms with Gasteiger partial charge in [-0.05, 0) is 50.4 Å². The number of anilines is 1. The molecule has 214 valence electrons. The van der Waals surface area contributed by atoms with Crippen LogP contribution in [0.5, 0.6) is 0 Å². The van der Waals surface area contributed by atoms with E-state index in [-0.39, 0.29) is 10.5 Å². The number of aliphatic hydroxyl groups is 2. The van der Waals surface area contributed by atoms with Crippen LogP contribution < -0.4 is 5.73 Å². The zero-order valence-electron chi connectivity index (χ0n) is 21.5. The van der Waals surface area contributed by atoms with Crippen molar-refractivity contribution in [2.24, 2.45) is 5.92 Å². The van der Waals surface area contributed by atoms with Crippen LogP contribution in [0.1, 0.15) is 36.9 Å².